The summed E-state index contributed by atoms with van der Waals surface area (Å²) in [6.45, 7) is 5.29. The lowest BCUT2D eigenvalue weighted by Crippen LogP contribution is -2.38. The summed E-state index contributed by atoms with van der Waals surface area (Å²) < 4.78 is 8.22. The number of benzene rings is 3. The Kier molecular flexibility index (Phi) is 6.21. The quantitative estimate of drug-likeness (QED) is 0.291. The molecule has 188 valence electrons. The van der Waals surface area contributed by atoms with Crippen LogP contribution in [0.1, 0.15) is 22.3 Å². The molecule has 0 bridgehead atoms. The number of ether oxygens (including phenoxy) is 1. The van der Waals surface area contributed by atoms with Crippen molar-refractivity contribution in [2.24, 2.45) is 4.99 Å². The van der Waals surface area contributed by atoms with E-state index in [1.165, 1.54) is 17.3 Å². The van der Waals surface area contributed by atoms with Crippen molar-refractivity contribution >= 4 is 51.3 Å². The zero-order valence-corrected chi connectivity index (χ0v) is 22.0. The van der Waals surface area contributed by atoms with Gasteiger partial charge in [-0.15, -0.1) is 0 Å². The van der Waals surface area contributed by atoms with Crippen LogP contribution in [-0.2, 0) is 11.3 Å². The number of amidine groups is 2. The zero-order chi connectivity index (χ0) is 26.2. The molecule has 0 fully saturated rings. The van der Waals surface area contributed by atoms with Gasteiger partial charge in [0.05, 0.1) is 17.8 Å². The summed E-state index contributed by atoms with van der Waals surface area (Å²) in [4.78, 5) is 19.1. The standard InChI is InChI=1S/C31H26N4O2S/c1-20-12-13-28(21(2)16-20)37-15-14-34-18-23(24-10-6-7-11-26(24)34)17-25-29(32)35-27(22-8-4-3-5-9-22)19-38-31(35)33-30(25)36/h3-13,16-19,32H,14-15H2,1-2H3. The van der Waals surface area contributed by atoms with Crippen LogP contribution in [0.3, 0.4) is 0 Å². The molecule has 2 aliphatic heterocycles. The minimum atomic E-state index is -0.397. The third kappa shape index (κ3) is 4.35. The van der Waals surface area contributed by atoms with Crippen LogP contribution in [-0.4, -0.2) is 33.0 Å². The second kappa shape index (κ2) is 9.84. The van der Waals surface area contributed by atoms with Crippen molar-refractivity contribution in [3.63, 3.8) is 0 Å². The topological polar surface area (TPSA) is 70.7 Å². The number of rotatable bonds is 6. The molecule has 7 heteroatoms. The lowest BCUT2D eigenvalue weighted by molar-refractivity contribution is -0.114. The number of aliphatic imine (C=N–C) groups is 1. The maximum absolute atomic E-state index is 13.0. The average Bonchev–Trinajstić information content (AvgIpc) is 3.50. The van der Waals surface area contributed by atoms with Crippen molar-refractivity contribution in [1.82, 2.24) is 9.47 Å². The normalized spacial score (nSPS) is 16.2. The predicted molar refractivity (Wildman–Crippen MR) is 155 cm³/mol. The molecule has 4 aromatic rings. The molecule has 0 aliphatic carbocycles. The number of nitrogens with one attached hydrogen (secondary N) is 1. The molecule has 2 aliphatic rings. The van der Waals surface area contributed by atoms with Crippen molar-refractivity contribution in [3.8, 4) is 5.75 Å². The van der Waals surface area contributed by atoms with Crippen LogP contribution in [0.5, 0.6) is 5.75 Å². The minimum absolute atomic E-state index is 0.134. The number of fused-ring (bicyclic) bond motifs is 2. The van der Waals surface area contributed by atoms with Crippen molar-refractivity contribution < 1.29 is 9.53 Å². The SMILES string of the molecule is Cc1ccc(OCCn2cc(C=C3C(=N)N4C(c5ccccc5)=CSC4=NC3=O)c3ccccc32)c(C)c1. The maximum atomic E-state index is 13.0. The van der Waals surface area contributed by atoms with Crippen LogP contribution in [0.15, 0.2) is 95.0 Å². The molecular weight excluding hydrogens is 492 g/mol. The average molecular weight is 519 g/mol. The van der Waals surface area contributed by atoms with Crippen LogP contribution in [0.25, 0.3) is 22.7 Å². The number of aryl methyl sites for hydroxylation is 2. The molecule has 0 saturated carbocycles. The van der Waals surface area contributed by atoms with E-state index in [2.05, 4.69) is 41.6 Å². The van der Waals surface area contributed by atoms with Gasteiger partial charge in [0.1, 0.15) is 18.2 Å². The molecule has 6 rings (SSSR count). The number of nitrogens with zero attached hydrogens (tertiary/aromatic N) is 3. The van der Waals surface area contributed by atoms with Crippen LogP contribution in [0.2, 0.25) is 0 Å². The van der Waals surface area contributed by atoms with E-state index in [-0.39, 0.29) is 11.4 Å². The molecule has 38 heavy (non-hydrogen) atoms. The van der Waals surface area contributed by atoms with E-state index in [1.54, 1.807) is 11.0 Å². The van der Waals surface area contributed by atoms with Crippen molar-refractivity contribution in [3.05, 3.63) is 112 Å². The Hall–Kier alpha value is -4.36. The number of hydrogen-bond donors (Lipinski definition) is 1. The number of hydrogen-bond acceptors (Lipinski definition) is 4. The third-order valence-electron chi connectivity index (χ3n) is 6.72. The smallest absolute Gasteiger partial charge is 0.283 e. The van der Waals surface area contributed by atoms with E-state index in [9.17, 15) is 4.79 Å². The number of aromatic nitrogens is 1. The largest absolute Gasteiger partial charge is 0.491 e. The zero-order valence-electron chi connectivity index (χ0n) is 21.1. The summed E-state index contributed by atoms with van der Waals surface area (Å²) in [5.74, 6) is 0.622. The van der Waals surface area contributed by atoms with Gasteiger partial charge in [0.15, 0.2) is 5.17 Å². The highest BCUT2D eigenvalue weighted by molar-refractivity contribution is 8.17. The summed E-state index contributed by atoms with van der Waals surface area (Å²) in [6, 6.07) is 24.1. The van der Waals surface area contributed by atoms with Crippen molar-refractivity contribution in [2.45, 2.75) is 20.4 Å². The molecule has 0 spiro atoms. The molecule has 1 aromatic heterocycles. The Bertz CT molecular complexity index is 1680. The van der Waals surface area contributed by atoms with Crippen LogP contribution >= 0.6 is 11.8 Å². The molecule has 0 saturated heterocycles. The van der Waals surface area contributed by atoms with Gasteiger partial charge in [-0.25, -0.2) is 0 Å². The van der Waals surface area contributed by atoms with Gasteiger partial charge in [0.25, 0.3) is 5.91 Å². The summed E-state index contributed by atoms with van der Waals surface area (Å²) in [7, 11) is 0. The summed E-state index contributed by atoms with van der Waals surface area (Å²) in [5, 5.41) is 12.4. The van der Waals surface area contributed by atoms with Gasteiger partial charge in [-0.2, -0.15) is 4.99 Å². The Morgan fingerprint density at radius 2 is 1.82 bits per heavy atom. The molecule has 0 atom stereocenters. The Morgan fingerprint density at radius 1 is 1.03 bits per heavy atom. The van der Waals surface area contributed by atoms with Gasteiger partial charge >= 0.3 is 0 Å². The summed E-state index contributed by atoms with van der Waals surface area (Å²) >= 11 is 1.37. The molecule has 3 aromatic carbocycles. The van der Waals surface area contributed by atoms with Gasteiger partial charge in [0, 0.05) is 28.1 Å². The summed E-state index contributed by atoms with van der Waals surface area (Å²) in [5.41, 5.74) is 6.34. The first kappa shape index (κ1) is 24.0. The van der Waals surface area contributed by atoms with E-state index >= 15 is 0 Å². The lowest BCUT2D eigenvalue weighted by atomic mass is 10.1. The fourth-order valence-electron chi connectivity index (χ4n) is 4.86. The molecule has 3 heterocycles. The maximum Gasteiger partial charge on any atom is 0.283 e. The van der Waals surface area contributed by atoms with E-state index in [4.69, 9.17) is 10.1 Å². The van der Waals surface area contributed by atoms with Crippen molar-refractivity contribution in [2.75, 3.05) is 6.61 Å². The second-order valence-corrected chi connectivity index (χ2v) is 10.2. The molecule has 1 amide bonds. The first-order chi connectivity index (χ1) is 18.5. The first-order valence-corrected chi connectivity index (χ1v) is 13.3. The van der Waals surface area contributed by atoms with E-state index in [0.717, 1.165) is 39.0 Å². The molecular formula is C31H26N4O2S. The minimum Gasteiger partial charge on any atom is -0.491 e. The first-order valence-electron chi connectivity index (χ1n) is 12.4. The summed E-state index contributed by atoms with van der Waals surface area (Å²) in [6.07, 6.45) is 3.82. The third-order valence-corrected chi connectivity index (χ3v) is 7.55. The Labute approximate surface area is 225 Å². The van der Waals surface area contributed by atoms with Gasteiger partial charge in [-0.05, 0) is 43.2 Å². The number of amides is 1. The Balaban J connectivity index is 1.30. The molecule has 0 radical (unpaired) electrons. The monoisotopic (exact) mass is 518 g/mol. The number of carbonyl (C=O) groups is 1. The van der Waals surface area contributed by atoms with E-state index in [1.807, 2.05) is 66.2 Å². The number of thioether (sulfide) groups is 1. The second-order valence-electron chi connectivity index (χ2n) is 9.34. The van der Waals surface area contributed by atoms with Crippen molar-refractivity contribution in [1.29, 1.82) is 5.41 Å². The lowest BCUT2D eigenvalue weighted by Gasteiger charge is -2.26. The van der Waals surface area contributed by atoms with Crippen LogP contribution in [0, 0.1) is 19.3 Å². The number of carbonyl (C=O) groups excluding carboxylic acids is 1. The fourth-order valence-corrected chi connectivity index (χ4v) is 5.75. The fraction of sp³-hybridized carbons (Fsp3) is 0.129. The Morgan fingerprint density at radius 3 is 2.63 bits per heavy atom. The van der Waals surface area contributed by atoms with Gasteiger partial charge in [0.2, 0.25) is 0 Å². The van der Waals surface area contributed by atoms with Gasteiger partial charge in [-0.1, -0.05) is 78.0 Å². The van der Waals surface area contributed by atoms with E-state index < -0.39 is 5.91 Å². The van der Waals surface area contributed by atoms with Gasteiger partial charge < -0.3 is 9.30 Å². The van der Waals surface area contributed by atoms with Crippen LogP contribution < -0.4 is 4.74 Å². The highest BCUT2D eigenvalue weighted by Crippen LogP contribution is 2.37. The molecule has 1 N–H and O–H groups in total. The highest BCUT2D eigenvalue weighted by Gasteiger charge is 2.36. The van der Waals surface area contributed by atoms with Crippen LogP contribution in [0.4, 0.5) is 0 Å². The molecule has 6 nitrogen and oxygen atoms in total. The molecule has 0 unspecified atom stereocenters. The van der Waals surface area contributed by atoms with E-state index in [0.29, 0.717) is 18.3 Å². The number of para-hydroxylation sites is 1. The van der Waals surface area contributed by atoms with Gasteiger partial charge in [-0.3, -0.25) is 15.1 Å². The highest BCUT2D eigenvalue weighted by atomic mass is 32.2. The predicted octanol–water partition coefficient (Wildman–Crippen LogP) is 6.64.